The van der Waals surface area contributed by atoms with Crippen LogP contribution in [0.2, 0.25) is 0 Å². The number of rotatable bonds is 63. The molecule has 0 aliphatic carbocycles. The molecule has 0 bridgehead atoms. The van der Waals surface area contributed by atoms with Crippen molar-refractivity contribution >= 4 is 118 Å². The highest BCUT2D eigenvalue weighted by molar-refractivity contribution is 8.00. The maximum atomic E-state index is 14.9. The first-order valence-corrected chi connectivity index (χ1v) is 48.6. The summed E-state index contributed by atoms with van der Waals surface area (Å²) in [5.41, 5.74) is 47.2. The lowest BCUT2D eigenvalue weighted by Crippen LogP contribution is -2.60. The number of nitrogens with two attached hydrogens (primary N) is 8. The number of thioether (sulfide) groups is 1. The molecule has 0 saturated carbocycles. The average Bonchev–Trinajstić information content (AvgIpc) is 1.75. The van der Waals surface area contributed by atoms with Gasteiger partial charge in [-0.3, -0.25) is 87.1 Å². The van der Waals surface area contributed by atoms with Crippen molar-refractivity contribution in [2.45, 2.75) is 277 Å². The number of benzene rings is 3. The van der Waals surface area contributed by atoms with Gasteiger partial charge in [0.25, 0.3) is 0 Å². The molecule has 3 aromatic rings. The van der Waals surface area contributed by atoms with Crippen molar-refractivity contribution in [3.63, 3.8) is 0 Å². The SMILES string of the molecule is CC[C@H](C)C([C@@H](CC(=O)N1CCC[C@H]1[C@H](C)[C@@H](C)C(=O)C[C@H](C)[C@@H](O)c1ccccc1)OC)N(C)C(=O)[C@@H](NC(=O)[C@H](C(C)C)N(C)C(=O)OCc1ccc(NC(=O)[C@H](CCCCN)CC(=O)[C@H](Cc2ccccc2)NC(=O)CCCCCN2C(=O)CC(SC[C@@H](NC(=O)[C@@H](CCCN=C(N)N)CC(=O)[C@@H](CCCN=C(N)N)NC(=O)[C@H](C)CCCN=C(N)N)C(N)=O)C2=O)cc1)C(C)C. The lowest BCUT2D eigenvalue weighted by molar-refractivity contribution is -0.146. The topological polar surface area (TPSA) is 596 Å². The summed E-state index contributed by atoms with van der Waals surface area (Å²) in [7, 11) is 4.62. The molecule has 0 aromatic heterocycles. The fourth-order valence-electron chi connectivity index (χ4n) is 17.3. The second-order valence-electron chi connectivity index (χ2n) is 36.8. The first-order valence-electron chi connectivity index (χ1n) is 47.6. The number of anilines is 1. The first-order chi connectivity index (χ1) is 64.0. The van der Waals surface area contributed by atoms with Crippen LogP contribution in [0.25, 0.3) is 0 Å². The number of carbonyl (C=O) groups excluding carboxylic acids is 14. The van der Waals surface area contributed by atoms with Gasteiger partial charge in [-0.25, -0.2) is 4.79 Å². The van der Waals surface area contributed by atoms with Crippen molar-refractivity contribution in [1.82, 2.24) is 40.9 Å². The summed E-state index contributed by atoms with van der Waals surface area (Å²) in [6.07, 6.45) is 3.19. The minimum absolute atomic E-state index is 0.0160. The second-order valence-corrected chi connectivity index (χ2v) is 38.1. The number of likely N-dealkylation sites (tertiary alicyclic amines) is 2. The number of methoxy groups -OCH3 is 1. The highest BCUT2D eigenvalue weighted by Crippen LogP contribution is 2.35. The number of guanidine groups is 3. The van der Waals surface area contributed by atoms with Crippen molar-refractivity contribution in [1.29, 1.82) is 0 Å². The fourth-order valence-corrected chi connectivity index (χ4v) is 18.5. The highest BCUT2D eigenvalue weighted by Gasteiger charge is 2.45. The Kier molecular flexibility index (Phi) is 50.0. The van der Waals surface area contributed by atoms with E-state index in [9.17, 15) is 72.2 Å². The van der Waals surface area contributed by atoms with E-state index in [0.717, 1.165) is 40.6 Å². The van der Waals surface area contributed by atoms with Gasteiger partial charge >= 0.3 is 6.09 Å². The molecule has 0 spiro atoms. The Morgan fingerprint density at radius 3 is 1.74 bits per heavy atom. The van der Waals surface area contributed by atoms with E-state index in [1.807, 2.05) is 114 Å². The number of Topliss-reactive ketones (excluding diaryl/α,β-unsaturated/α-hetero) is 3. The summed E-state index contributed by atoms with van der Waals surface area (Å²) in [4.78, 5) is 214. The van der Waals surface area contributed by atoms with Crippen molar-refractivity contribution in [2.75, 3.05) is 71.5 Å². The van der Waals surface area contributed by atoms with Crippen LogP contribution in [0.4, 0.5) is 10.5 Å². The number of ether oxygens (including phenoxy) is 2. The van der Waals surface area contributed by atoms with E-state index in [1.54, 1.807) is 57.0 Å². The number of carbonyl (C=O) groups is 14. The molecule has 2 unspecified atom stereocenters. The number of primary amides is 1. The van der Waals surface area contributed by atoms with Gasteiger partial charge in [-0.2, -0.15) is 0 Å². The van der Waals surface area contributed by atoms with Gasteiger partial charge in [0.1, 0.15) is 30.5 Å². The van der Waals surface area contributed by atoms with Crippen molar-refractivity contribution in [3.8, 4) is 0 Å². The van der Waals surface area contributed by atoms with Gasteiger partial charge in [0.15, 0.2) is 29.4 Å². The molecule has 2 aliphatic heterocycles. The van der Waals surface area contributed by atoms with E-state index in [0.29, 0.717) is 82.1 Å². The summed E-state index contributed by atoms with van der Waals surface area (Å²) in [6.45, 7) is 19.8. The van der Waals surface area contributed by atoms with Crippen LogP contribution >= 0.6 is 11.8 Å². The standard InChI is InChI=1S/C97H154N20O17S/c1-14-60(6)85(78(133-13)54-81(122)116-49-29-38-74(116)63(9)64(10)75(118)50-62(8)86(124)67-33-20-16-21-34-67)114(11)93(131)83(58(2)3)113-91(129)84(59(4)5)115(12)97(132)134-56-66-40-42-70(43-41-66)109-89(127)68(35-23-24-44-98)53-77(120)72(51-65-31-18-15-19-32-65)110-80(121)39-22-17-25-48-117-82(123)55-79(92(117)130)135-57-73(87(99)125)112-90(128)69(36-27-46-107-95(102)103)52-76(119)71(37-28-47-108-96(104)105)111-88(126)61(7)30-26-45-106-94(100)101/h15-16,18-21,31-34,40-43,58-64,68-69,71-74,78-79,83-86,124H,14,17,22-30,35-39,44-57,98H2,1-13H3,(H2,99,125)(H,109,127)(H,110,121)(H,111,126)(H,112,128)(H,113,129)(H4,100,101,106)(H4,102,103,107)(H4,104,105,108)/t60-,61+,62-,63+,64+,68+,69-,71+,72-,73+,74-,78+,79?,83-,84-,85?,86+/m0/s1. The third kappa shape index (κ3) is 38.2. The van der Waals surface area contributed by atoms with E-state index in [1.165, 1.54) is 19.1 Å². The van der Waals surface area contributed by atoms with E-state index >= 15 is 0 Å². The Morgan fingerprint density at radius 1 is 0.585 bits per heavy atom. The number of amides is 11. The lowest BCUT2D eigenvalue weighted by Gasteiger charge is -2.41. The number of imide groups is 1. The number of aliphatic hydroxyl groups excluding tert-OH is 1. The molecule has 11 amide bonds. The van der Waals surface area contributed by atoms with Gasteiger partial charge in [0, 0.05) is 127 Å². The Morgan fingerprint density at radius 2 is 1.16 bits per heavy atom. The Balaban J connectivity index is 1.15. The molecule has 135 heavy (non-hydrogen) atoms. The molecule has 22 N–H and O–H groups in total. The Hall–Kier alpha value is -11.1. The van der Waals surface area contributed by atoms with E-state index < -0.39 is 148 Å². The van der Waals surface area contributed by atoms with Crippen LogP contribution in [0.5, 0.6) is 0 Å². The van der Waals surface area contributed by atoms with Crippen LogP contribution in [-0.2, 0) is 84.8 Å². The Bertz CT molecular complexity index is 4420. The zero-order valence-electron chi connectivity index (χ0n) is 81.4. The molecule has 17 atom stereocenters. The third-order valence-corrected chi connectivity index (χ3v) is 27.0. The van der Waals surface area contributed by atoms with Crippen molar-refractivity contribution in [2.24, 2.45) is 114 Å². The van der Waals surface area contributed by atoms with Crippen LogP contribution in [0.1, 0.15) is 227 Å². The number of nitrogens with one attached hydrogen (secondary N) is 5. The number of unbranched alkanes of at least 4 members (excludes halogenated alkanes) is 3. The largest absolute Gasteiger partial charge is 0.445 e. The Labute approximate surface area is 800 Å². The normalized spacial score (nSPS) is 17.1. The minimum Gasteiger partial charge on any atom is -0.445 e. The van der Waals surface area contributed by atoms with Gasteiger partial charge in [-0.05, 0) is 148 Å². The highest BCUT2D eigenvalue weighted by atomic mass is 32.2. The predicted molar refractivity (Wildman–Crippen MR) is 522 cm³/mol. The molecule has 750 valence electrons. The van der Waals surface area contributed by atoms with Gasteiger partial charge in [-0.1, -0.05) is 161 Å². The maximum absolute atomic E-state index is 14.9. The molecule has 2 heterocycles. The molecule has 3 aromatic carbocycles. The van der Waals surface area contributed by atoms with Gasteiger partial charge in [0.2, 0.25) is 59.1 Å². The van der Waals surface area contributed by atoms with Crippen molar-refractivity contribution in [3.05, 3.63) is 102 Å². The summed E-state index contributed by atoms with van der Waals surface area (Å²) < 4.78 is 11.9. The number of aliphatic hydroxyl groups is 1. The average molecular weight is 1900 g/mol. The molecule has 0 radical (unpaired) electrons. The minimum atomic E-state index is -1.35. The quantitative estimate of drug-likeness (QED) is 0.0135. The number of hydrogen-bond acceptors (Lipinski definition) is 22. The summed E-state index contributed by atoms with van der Waals surface area (Å²) in [5.74, 6) is -11.0. The summed E-state index contributed by atoms with van der Waals surface area (Å²) >= 11 is 0.959. The van der Waals surface area contributed by atoms with Crippen molar-refractivity contribution < 1.29 is 81.7 Å². The maximum Gasteiger partial charge on any atom is 0.410 e. The van der Waals surface area contributed by atoms with Gasteiger partial charge < -0.3 is 96.8 Å². The monoisotopic (exact) mass is 1900 g/mol. The first kappa shape index (κ1) is 114. The molecular weight excluding hydrogens is 1750 g/mol. The molecule has 2 fully saturated rings. The number of nitrogens with zero attached hydrogens (tertiary/aromatic N) is 7. The third-order valence-electron chi connectivity index (χ3n) is 25.7. The summed E-state index contributed by atoms with van der Waals surface area (Å²) in [6, 6.07) is 18.5. The summed E-state index contributed by atoms with van der Waals surface area (Å²) in [5, 5.41) is 24.4. The van der Waals surface area contributed by atoms with Gasteiger partial charge in [0.05, 0.1) is 42.0 Å². The van der Waals surface area contributed by atoms with Crippen LogP contribution < -0.4 is 72.5 Å². The number of hydrogen-bond donors (Lipinski definition) is 14. The zero-order valence-corrected chi connectivity index (χ0v) is 82.2. The van der Waals surface area contributed by atoms with Gasteiger partial charge in [-0.15, -0.1) is 11.8 Å². The van der Waals surface area contributed by atoms with Crippen LogP contribution in [-0.4, -0.2) is 245 Å². The molecule has 2 aliphatic rings. The smallest absolute Gasteiger partial charge is 0.410 e. The fraction of sp³-hybridized carbons (Fsp3) is 0.639. The number of likely N-dealkylation sites (N-methyl/N-ethyl adjacent to an activating group) is 2. The van der Waals surface area contributed by atoms with E-state index in [4.69, 9.17) is 55.3 Å². The van der Waals surface area contributed by atoms with Crippen LogP contribution in [0, 0.1) is 53.3 Å². The molecular formula is C97H154N20O17S. The number of ketones is 3. The van der Waals surface area contributed by atoms with E-state index in [2.05, 4.69) is 41.6 Å². The lowest BCUT2D eigenvalue weighted by atomic mass is 9.81. The second kappa shape index (κ2) is 59.0. The predicted octanol–water partition coefficient (Wildman–Crippen LogP) is 5.91. The number of aliphatic imine (C=N–C) groups is 3. The van der Waals surface area contributed by atoms with Crippen LogP contribution in [0.3, 0.4) is 0 Å². The van der Waals surface area contributed by atoms with Crippen LogP contribution in [0.15, 0.2) is 99.9 Å². The molecule has 38 heteroatoms. The molecule has 37 nitrogen and oxygen atoms in total. The molecule has 2 saturated heterocycles. The zero-order chi connectivity index (χ0) is 100. The molecule has 5 rings (SSSR count). The van der Waals surface area contributed by atoms with E-state index in [-0.39, 0.29) is 174 Å².